The summed E-state index contributed by atoms with van der Waals surface area (Å²) in [4.78, 5) is 24.3. The van der Waals surface area contributed by atoms with Gasteiger partial charge in [-0.05, 0) is 55.7 Å². The number of amides is 1. The van der Waals surface area contributed by atoms with Crippen LogP contribution in [0.25, 0.3) is 10.2 Å². The molecule has 31 heavy (non-hydrogen) atoms. The Morgan fingerprint density at radius 3 is 2.74 bits per heavy atom. The highest BCUT2D eigenvalue weighted by Gasteiger charge is 2.22. The van der Waals surface area contributed by atoms with Crippen molar-refractivity contribution in [1.29, 1.82) is 0 Å². The second-order valence-electron chi connectivity index (χ2n) is 7.48. The highest BCUT2D eigenvalue weighted by atomic mass is 32.1. The first kappa shape index (κ1) is 21.0. The summed E-state index contributed by atoms with van der Waals surface area (Å²) in [6, 6.07) is 15.9. The first-order chi connectivity index (χ1) is 15.0. The maximum atomic E-state index is 13.5. The molecule has 2 aromatic heterocycles. The average Bonchev–Trinajstić information content (AvgIpc) is 3.20. The first-order valence-electron chi connectivity index (χ1n) is 10.3. The zero-order valence-corrected chi connectivity index (χ0v) is 18.8. The Hall–Kier alpha value is -3.25. The van der Waals surface area contributed by atoms with Crippen LogP contribution in [0.1, 0.15) is 29.2 Å². The number of benzene rings is 2. The second kappa shape index (κ2) is 9.27. The molecule has 0 bridgehead atoms. The van der Waals surface area contributed by atoms with Gasteiger partial charge in [0.25, 0.3) is 0 Å². The molecule has 0 atom stereocenters. The molecule has 0 saturated heterocycles. The van der Waals surface area contributed by atoms with E-state index in [0.29, 0.717) is 24.7 Å². The van der Waals surface area contributed by atoms with E-state index in [9.17, 15) is 4.79 Å². The van der Waals surface area contributed by atoms with Crippen molar-refractivity contribution < 1.29 is 9.53 Å². The number of anilines is 1. The molecule has 0 aliphatic rings. The molecule has 0 saturated carbocycles. The van der Waals surface area contributed by atoms with Crippen molar-refractivity contribution in [1.82, 2.24) is 9.97 Å². The van der Waals surface area contributed by atoms with Gasteiger partial charge >= 0.3 is 0 Å². The van der Waals surface area contributed by atoms with Gasteiger partial charge < -0.3 is 4.74 Å². The van der Waals surface area contributed by atoms with E-state index in [0.717, 1.165) is 32.7 Å². The van der Waals surface area contributed by atoms with Crippen LogP contribution in [0, 0.1) is 13.8 Å². The van der Waals surface area contributed by atoms with Gasteiger partial charge in [-0.25, -0.2) is 4.98 Å². The van der Waals surface area contributed by atoms with Gasteiger partial charge in [-0.3, -0.25) is 14.7 Å². The predicted octanol–water partition coefficient (Wildman–Crippen LogP) is 5.48. The molecular weight excluding hydrogens is 406 g/mol. The van der Waals surface area contributed by atoms with Gasteiger partial charge in [-0.2, -0.15) is 0 Å². The summed E-state index contributed by atoms with van der Waals surface area (Å²) < 4.78 is 6.74. The zero-order valence-electron chi connectivity index (χ0n) is 18.0. The van der Waals surface area contributed by atoms with Crippen LogP contribution in [0.2, 0.25) is 0 Å². The number of pyridine rings is 1. The minimum Gasteiger partial charge on any atom is -0.492 e. The van der Waals surface area contributed by atoms with Crippen LogP contribution in [0.5, 0.6) is 5.75 Å². The fourth-order valence-electron chi connectivity index (χ4n) is 3.54. The first-order valence-corrected chi connectivity index (χ1v) is 11.1. The monoisotopic (exact) mass is 431 g/mol. The molecule has 2 heterocycles. The minimum absolute atomic E-state index is 0.00724. The maximum Gasteiger partial charge on any atom is 0.233 e. The number of aromatic nitrogens is 2. The van der Waals surface area contributed by atoms with E-state index in [1.165, 1.54) is 16.9 Å². The summed E-state index contributed by atoms with van der Waals surface area (Å²) in [5.41, 5.74) is 5.09. The zero-order chi connectivity index (χ0) is 21.8. The van der Waals surface area contributed by atoms with Crippen LogP contribution in [-0.2, 0) is 17.8 Å². The summed E-state index contributed by atoms with van der Waals surface area (Å²) in [7, 11) is 0. The molecule has 0 radical (unpaired) electrons. The van der Waals surface area contributed by atoms with E-state index in [-0.39, 0.29) is 5.91 Å². The SMILES string of the molecule is CCOc1cccc2sc(N(Cc3cccnc3)C(=O)Cc3ccc(C)cc3C)nc12. The molecule has 4 rings (SSSR count). The topological polar surface area (TPSA) is 55.3 Å². The molecule has 0 fully saturated rings. The number of rotatable bonds is 7. The Balaban J connectivity index is 1.71. The lowest BCUT2D eigenvalue weighted by atomic mass is 10.0. The summed E-state index contributed by atoms with van der Waals surface area (Å²) in [5.74, 6) is 0.749. The van der Waals surface area contributed by atoms with Crippen LogP contribution in [0.4, 0.5) is 5.13 Å². The Kier molecular flexibility index (Phi) is 6.28. The average molecular weight is 432 g/mol. The van der Waals surface area contributed by atoms with E-state index in [1.807, 2.05) is 56.3 Å². The Bertz CT molecular complexity index is 1200. The smallest absolute Gasteiger partial charge is 0.233 e. The summed E-state index contributed by atoms with van der Waals surface area (Å²) in [6.45, 7) is 7.05. The third kappa shape index (κ3) is 4.75. The highest BCUT2D eigenvalue weighted by Crippen LogP contribution is 2.35. The van der Waals surface area contributed by atoms with Crippen LogP contribution in [0.3, 0.4) is 0 Å². The lowest BCUT2D eigenvalue weighted by molar-refractivity contribution is -0.118. The van der Waals surface area contributed by atoms with Gasteiger partial charge in [0.2, 0.25) is 5.91 Å². The van der Waals surface area contributed by atoms with Crippen LogP contribution in [-0.4, -0.2) is 22.5 Å². The highest BCUT2D eigenvalue weighted by molar-refractivity contribution is 7.22. The Morgan fingerprint density at radius 2 is 2.00 bits per heavy atom. The normalized spacial score (nSPS) is 10.9. The van der Waals surface area contributed by atoms with Crippen molar-refractivity contribution in [2.24, 2.45) is 0 Å². The number of hydrogen-bond donors (Lipinski definition) is 0. The maximum absolute atomic E-state index is 13.5. The number of carbonyl (C=O) groups is 1. The fraction of sp³-hybridized carbons (Fsp3) is 0.240. The van der Waals surface area contributed by atoms with E-state index >= 15 is 0 Å². The summed E-state index contributed by atoms with van der Waals surface area (Å²) in [5, 5.41) is 0.667. The van der Waals surface area contributed by atoms with Crippen LogP contribution in [0.15, 0.2) is 60.9 Å². The molecule has 6 heteroatoms. The molecule has 4 aromatic rings. The number of hydrogen-bond acceptors (Lipinski definition) is 5. The van der Waals surface area contributed by atoms with Crippen LogP contribution >= 0.6 is 11.3 Å². The van der Waals surface area contributed by atoms with E-state index in [2.05, 4.69) is 18.0 Å². The van der Waals surface area contributed by atoms with Gasteiger partial charge in [-0.15, -0.1) is 0 Å². The molecule has 158 valence electrons. The number of fused-ring (bicyclic) bond motifs is 1. The van der Waals surface area contributed by atoms with Crippen molar-refractivity contribution in [2.45, 2.75) is 33.7 Å². The Morgan fingerprint density at radius 1 is 1.13 bits per heavy atom. The fourth-order valence-corrected chi connectivity index (χ4v) is 4.54. The van der Waals surface area contributed by atoms with E-state index < -0.39 is 0 Å². The number of carbonyl (C=O) groups excluding carboxylic acids is 1. The molecule has 5 nitrogen and oxygen atoms in total. The number of para-hydroxylation sites is 1. The number of thiazole rings is 1. The predicted molar refractivity (Wildman–Crippen MR) is 126 cm³/mol. The van der Waals surface area contributed by atoms with E-state index in [4.69, 9.17) is 9.72 Å². The lowest BCUT2D eigenvalue weighted by Gasteiger charge is -2.20. The lowest BCUT2D eigenvalue weighted by Crippen LogP contribution is -2.32. The Labute approximate surface area is 186 Å². The molecule has 0 aliphatic heterocycles. The quantitative estimate of drug-likeness (QED) is 0.389. The molecule has 1 amide bonds. The van der Waals surface area contributed by atoms with Crippen molar-refractivity contribution in [3.05, 3.63) is 83.2 Å². The van der Waals surface area contributed by atoms with E-state index in [1.54, 1.807) is 17.3 Å². The second-order valence-corrected chi connectivity index (χ2v) is 8.49. The third-order valence-electron chi connectivity index (χ3n) is 5.11. The standard InChI is InChI=1S/C25H25N3O2S/c1-4-30-21-8-5-9-22-24(21)27-25(31-22)28(16-19-7-6-12-26-15-19)23(29)14-20-11-10-17(2)13-18(20)3/h5-13,15H,4,14,16H2,1-3H3. The largest absolute Gasteiger partial charge is 0.492 e. The molecule has 0 aliphatic carbocycles. The number of ether oxygens (including phenoxy) is 1. The van der Waals surface area contributed by atoms with Crippen LogP contribution < -0.4 is 9.64 Å². The summed E-state index contributed by atoms with van der Waals surface area (Å²) >= 11 is 1.50. The minimum atomic E-state index is 0.00724. The molecular formula is C25H25N3O2S. The molecule has 0 unspecified atom stereocenters. The van der Waals surface area contributed by atoms with Crippen molar-refractivity contribution in [2.75, 3.05) is 11.5 Å². The molecule has 0 spiro atoms. The van der Waals surface area contributed by atoms with Crippen molar-refractivity contribution >= 4 is 32.6 Å². The third-order valence-corrected chi connectivity index (χ3v) is 6.15. The van der Waals surface area contributed by atoms with Gasteiger partial charge in [0.05, 0.1) is 24.3 Å². The number of aryl methyl sites for hydroxylation is 2. The van der Waals surface area contributed by atoms with Gasteiger partial charge in [0.15, 0.2) is 5.13 Å². The summed E-state index contributed by atoms with van der Waals surface area (Å²) in [6.07, 6.45) is 3.84. The van der Waals surface area contributed by atoms with Crippen molar-refractivity contribution in [3.8, 4) is 5.75 Å². The molecule has 0 N–H and O–H groups in total. The van der Waals surface area contributed by atoms with Gasteiger partial charge in [0.1, 0.15) is 11.3 Å². The van der Waals surface area contributed by atoms with Crippen molar-refractivity contribution in [3.63, 3.8) is 0 Å². The molecule has 2 aromatic carbocycles. The number of nitrogens with zero attached hydrogens (tertiary/aromatic N) is 3. The van der Waals surface area contributed by atoms with Gasteiger partial charge in [0, 0.05) is 12.4 Å². The van der Waals surface area contributed by atoms with Gasteiger partial charge in [-0.1, -0.05) is 47.2 Å².